The Morgan fingerprint density at radius 3 is 2.62 bits per heavy atom. The maximum Gasteiger partial charge on any atom is 0.229 e. The zero-order valence-electron chi connectivity index (χ0n) is 12.0. The van der Waals surface area contributed by atoms with E-state index in [2.05, 4.69) is 15.1 Å². The minimum atomic E-state index is -3.34. The number of hydrogen-bond acceptors (Lipinski definition) is 4. The van der Waals surface area contributed by atoms with Gasteiger partial charge in [0.25, 0.3) is 0 Å². The first kappa shape index (κ1) is 15.7. The van der Waals surface area contributed by atoms with Gasteiger partial charge in [0, 0.05) is 31.0 Å². The minimum absolute atomic E-state index is 0.341. The normalized spacial score (nSPS) is 11.4. The van der Waals surface area contributed by atoms with Gasteiger partial charge in [0.05, 0.1) is 22.7 Å². The lowest BCUT2D eigenvalue weighted by molar-refractivity contribution is 0.607. The van der Waals surface area contributed by atoms with Crippen molar-refractivity contribution in [1.82, 2.24) is 9.78 Å². The topological polar surface area (TPSA) is 76.0 Å². The summed E-state index contributed by atoms with van der Waals surface area (Å²) in [6.45, 7) is 2.57. The van der Waals surface area contributed by atoms with Crippen LogP contribution in [0.1, 0.15) is 11.3 Å². The van der Waals surface area contributed by atoms with E-state index in [1.54, 1.807) is 22.9 Å². The van der Waals surface area contributed by atoms with Gasteiger partial charge in [0.15, 0.2) is 0 Å². The highest BCUT2D eigenvalue weighted by molar-refractivity contribution is 7.92. The van der Waals surface area contributed by atoms with Crippen LogP contribution < -0.4 is 10.0 Å². The Kier molecular flexibility index (Phi) is 4.43. The predicted octanol–water partition coefficient (Wildman–Crippen LogP) is 2.37. The molecule has 6 nitrogen and oxygen atoms in total. The number of anilines is 2. The van der Waals surface area contributed by atoms with Crippen molar-refractivity contribution in [1.29, 1.82) is 0 Å². The van der Waals surface area contributed by atoms with Crippen LogP contribution in [-0.4, -0.2) is 24.5 Å². The van der Waals surface area contributed by atoms with Crippen LogP contribution in [0.3, 0.4) is 0 Å². The lowest BCUT2D eigenvalue weighted by atomic mass is 10.2. The molecule has 114 valence electrons. The number of benzene rings is 1. The van der Waals surface area contributed by atoms with Gasteiger partial charge in [-0.05, 0) is 25.1 Å². The van der Waals surface area contributed by atoms with Crippen LogP contribution in [0.25, 0.3) is 0 Å². The fourth-order valence-corrected chi connectivity index (χ4v) is 2.79. The van der Waals surface area contributed by atoms with Gasteiger partial charge in [0.2, 0.25) is 10.0 Å². The first-order valence-corrected chi connectivity index (χ1v) is 8.52. The summed E-state index contributed by atoms with van der Waals surface area (Å²) in [4.78, 5) is 0. The molecule has 2 N–H and O–H groups in total. The summed E-state index contributed by atoms with van der Waals surface area (Å²) in [5, 5.41) is 7.84. The average Bonchev–Trinajstić information content (AvgIpc) is 2.67. The number of rotatable bonds is 5. The molecular weight excluding hydrogens is 312 g/mol. The van der Waals surface area contributed by atoms with Gasteiger partial charge in [0.1, 0.15) is 0 Å². The lowest BCUT2D eigenvalue weighted by Gasteiger charge is -2.10. The van der Waals surface area contributed by atoms with Crippen molar-refractivity contribution in [2.75, 3.05) is 16.3 Å². The van der Waals surface area contributed by atoms with E-state index in [1.165, 1.54) is 0 Å². The van der Waals surface area contributed by atoms with Crippen molar-refractivity contribution < 1.29 is 8.42 Å². The van der Waals surface area contributed by atoms with Crippen LogP contribution in [0.5, 0.6) is 0 Å². The molecule has 1 heterocycles. The van der Waals surface area contributed by atoms with Crippen molar-refractivity contribution in [2.45, 2.75) is 13.5 Å². The third-order valence-corrected chi connectivity index (χ3v) is 3.77. The number of hydrogen-bond donors (Lipinski definition) is 2. The van der Waals surface area contributed by atoms with Crippen molar-refractivity contribution in [3.05, 3.63) is 40.7 Å². The molecule has 0 saturated carbocycles. The maximum atomic E-state index is 11.2. The largest absolute Gasteiger partial charge is 0.381 e. The molecule has 0 aliphatic heterocycles. The van der Waals surface area contributed by atoms with E-state index in [0.29, 0.717) is 17.3 Å². The van der Waals surface area contributed by atoms with Crippen LogP contribution in [0.4, 0.5) is 11.4 Å². The predicted molar refractivity (Wildman–Crippen MR) is 85.2 cm³/mol. The Morgan fingerprint density at radius 1 is 1.38 bits per heavy atom. The fraction of sp³-hybridized carbons (Fsp3) is 0.308. The third kappa shape index (κ3) is 4.37. The second kappa shape index (κ2) is 5.95. The number of aryl methyl sites for hydroxylation is 2. The highest BCUT2D eigenvalue weighted by Gasteiger charge is 2.08. The Balaban J connectivity index is 2.08. The first-order valence-electron chi connectivity index (χ1n) is 6.25. The molecule has 1 aromatic heterocycles. The molecule has 0 aliphatic rings. The number of nitrogens with zero attached hydrogens (tertiary/aromatic N) is 2. The second-order valence-corrected chi connectivity index (χ2v) is 6.99. The third-order valence-electron chi connectivity index (χ3n) is 2.86. The smallest absolute Gasteiger partial charge is 0.229 e. The van der Waals surface area contributed by atoms with Gasteiger partial charge in [-0.25, -0.2) is 8.42 Å². The molecule has 0 bridgehead atoms. The van der Waals surface area contributed by atoms with E-state index in [9.17, 15) is 8.42 Å². The molecule has 0 spiro atoms. The Hall–Kier alpha value is -1.73. The van der Waals surface area contributed by atoms with Gasteiger partial charge in [-0.2, -0.15) is 5.10 Å². The van der Waals surface area contributed by atoms with E-state index >= 15 is 0 Å². The van der Waals surface area contributed by atoms with E-state index in [4.69, 9.17) is 11.6 Å². The summed E-state index contributed by atoms with van der Waals surface area (Å²) in [7, 11) is -1.46. The molecule has 0 amide bonds. The van der Waals surface area contributed by atoms with Crippen LogP contribution in [0.15, 0.2) is 24.4 Å². The Bertz CT molecular complexity index is 756. The van der Waals surface area contributed by atoms with Crippen molar-refractivity contribution in [3.8, 4) is 0 Å². The van der Waals surface area contributed by atoms with Crippen LogP contribution in [0, 0.1) is 6.92 Å². The van der Waals surface area contributed by atoms with Gasteiger partial charge in [-0.3, -0.25) is 9.40 Å². The highest BCUT2D eigenvalue weighted by atomic mass is 35.5. The maximum absolute atomic E-state index is 11.2. The molecule has 0 fully saturated rings. The molecule has 21 heavy (non-hydrogen) atoms. The zero-order valence-corrected chi connectivity index (χ0v) is 13.6. The molecule has 0 saturated heterocycles. The average molecular weight is 329 g/mol. The number of halogens is 1. The molecule has 2 rings (SSSR count). The van der Waals surface area contributed by atoms with Crippen LogP contribution >= 0.6 is 11.6 Å². The van der Waals surface area contributed by atoms with Gasteiger partial charge >= 0.3 is 0 Å². The number of sulfonamides is 1. The van der Waals surface area contributed by atoms with Crippen molar-refractivity contribution in [3.63, 3.8) is 0 Å². The summed E-state index contributed by atoms with van der Waals surface area (Å²) in [6, 6.07) is 5.08. The second-order valence-electron chi connectivity index (χ2n) is 4.84. The standard InChI is InChI=1S/C13H17ClN4O2S/c1-9-10(8-18(2)16-9)7-15-11-4-5-13(12(14)6-11)17-21(3,19)20/h4-6,8,15,17H,7H2,1-3H3. The fourth-order valence-electron chi connectivity index (χ4n) is 1.93. The highest BCUT2D eigenvalue weighted by Crippen LogP contribution is 2.26. The van der Waals surface area contributed by atoms with E-state index in [1.807, 2.05) is 20.2 Å². The molecular formula is C13H17ClN4O2S. The van der Waals surface area contributed by atoms with E-state index in [-0.39, 0.29) is 0 Å². The zero-order chi connectivity index (χ0) is 15.6. The van der Waals surface area contributed by atoms with E-state index < -0.39 is 10.0 Å². The number of nitrogens with one attached hydrogen (secondary N) is 2. The van der Waals surface area contributed by atoms with Crippen LogP contribution in [-0.2, 0) is 23.6 Å². The quantitative estimate of drug-likeness (QED) is 0.883. The summed E-state index contributed by atoms with van der Waals surface area (Å²) < 4.78 is 26.5. The summed E-state index contributed by atoms with van der Waals surface area (Å²) in [6.07, 6.45) is 3.03. The molecule has 0 radical (unpaired) electrons. The molecule has 0 atom stereocenters. The van der Waals surface area contributed by atoms with Gasteiger partial charge < -0.3 is 5.32 Å². The molecule has 0 aliphatic carbocycles. The minimum Gasteiger partial charge on any atom is -0.381 e. The molecule has 1 aromatic carbocycles. The van der Waals surface area contributed by atoms with Crippen LogP contribution in [0.2, 0.25) is 5.02 Å². The molecule has 2 aromatic rings. The first-order chi connectivity index (χ1) is 9.74. The summed E-state index contributed by atoms with van der Waals surface area (Å²) >= 11 is 6.07. The lowest BCUT2D eigenvalue weighted by Crippen LogP contribution is -2.10. The Labute approximate surface area is 129 Å². The van der Waals surface area contributed by atoms with Crippen molar-refractivity contribution >= 4 is 33.0 Å². The summed E-state index contributed by atoms with van der Waals surface area (Å²) in [5.74, 6) is 0. The SMILES string of the molecule is Cc1nn(C)cc1CNc1ccc(NS(C)(=O)=O)c(Cl)c1. The monoisotopic (exact) mass is 328 g/mol. The van der Waals surface area contributed by atoms with Gasteiger partial charge in [-0.15, -0.1) is 0 Å². The van der Waals surface area contributed by atoms with E-state index in [0.717, 1.165) is 23.2 Å². The number of aromatic nitrogens is 2. The Morgan fingerprint density at radius 2 is 2.10 bits per heavy atom. The molecule has 8 heteroatoms. The van der Waals surface area contributed by atoms with Gasteiger partial charge in [-0.1, -0.05) is 11.6 Å². The summed E-state index contributed by atoms with van der Waals surface area (Å²) in [5.41, 5.74) is 3.22. The van der Waals surface area contributed by atoms with Crippen molar-refractivity contribution in [2.24, 2.45) is 7.05 Å². The molecule has 0 unspecified atom stereocenters.